The minimum atomic E-state index is -0.380. The van der Waals surface area contributed by atoms with Crippen LogP contribution in [0.3, 0.4) is 0 Å². The summed E-state index contributed by atoms with van der Waals surface area (Å²) in [5.74, 6) is 0. The van der Waals surface area contributed by atoms with Gasteiger partial charge in [0.05, 0.1) is 6.61 Å². The number of nitrogens with one attached hydrogen (secondary N) is 1. The molecule has 1 amide bonds. The van der Waals surface area contributed by atoms with E-state index in [1.807, 2.05) is 31.2 Å². The van der Waals surface area contributed by atoms with E-state index in [-0.39, 0.29) is 6.09 Å². The van der Waals surface area contributed by atoms with Gasteiger partial charge in [-0.3, -0.25) is 0 Å². The summed E-state index contributed by atoms with van der Waals surface area (Å²) in [5, 5.41) is 3.45. The molecule has 1 N–H and O–H groups in total. The van der Waals surface area contributed by atoms with Crippen LogP contribution in [0.2, 0.25) is 5.02 Å². The summed E-state index contributed by atoms with van der Waals surface area (Å²) >= 11 is 5.91. The lowest BCUT2D eigenvalue weighted by atomic mass is 10.1. The van der Waals surface area contributed by atoms with Crippen molar-refractivity contribution in [3.05, 3.63) is 70.2 Å². The molecular formula is C18H20ClNO2. The van der Waals surface area contributed by atoms with Crippen LogP contribution in [0.15, 0.2) is 48.5 Å². The minimum Gasteiger partial charge on any atom is -0.449 e. The Labute approximate surface area is 136 Å². The second-order valence-electron chi connectivity index (χ2n) is 5.18. The van der Waals surface area contributed by atoms with Crippen molar-refractivity contribution in [2.24, 2.45) is 0 Å². The third-order valence-electron chi connectivity index (χ3n) is 3.32. The Morgan fingerprint density at radius 3 is 2.59 bits per heavy atom. The Morgan fingerprint density at radius 2 is 1.86 bits per heavy atom. The molecule has 116 valence electrons. The first-order chi connectivity index (χ1) is 10.6. The number of halogens is 1. The van der Waals surface area contributed by atoms with E-state index in [1.54, 1.807) is 0 Å². The molecule has 0 saturated carbocycles. The molecule has 0 atom stereocenters. The van der Waals surface area contributed by atoms with Crippen LogP contribution in [0, 0.1) is 6.92 Å². The fourth-order valence-corrected chi connectivity index (χ4v) is 2.28. The minimum absolute atomic E-state index is 0.380. The topological polar surface area (TPSA) is 38.3 Å². The van der Waals surface area contributed by atoms with Gasteiger partial charge in [-0.15, -0.1) is 0 Å². The van der Waals surface area contributed by atoms with Gasteiger partial charge in [0.25, 0.3) is 0 Å². The molecule has 4 heteroatoms. The summed E-state index contributed by atoms with van der Waals surface area (Å²) in [7, 11) is 0. The molecule has 0 saturated heterocycles. The van der Waals surface area contributed by atoms with E-state index in [2.05, 4.69) is 29.6 Å². The number of ether oxygens (including phenoxy) is 1. The Hall–Kier alpha value is -2.00. The Morgan fingerprint density at radius 1 is 1.09 bits per heavy atom. The Kier molecular flexibility index (Phi) is 6.28. The quantitative estimate of drug-likeness (QED) is 0.868. The van der Waals surface area contributed by atoms with Crippen molar-refractivity contribution in [2.45, 2.75) is 19.8 Å². The predicted molar refractivity (Wildman–Crippen MR) is 89.4 cm³/mol. The van der Waals surface area contributed by atoms with Crippen molar-refractivity contribution in [3.63, 3.8) is 0 Å². The maximum Gasteiger partial charge on any atom is 0.407 e. The molecule has 0 aromatic heterocycles. The number of aryl methyl sites for hydroxylation is 1. The van der Waals surface area contributed by atoms with E-state index in [1.165, 1.54) is 5.56 Å². The molecule has 0 unspecified atom stereocenters. The van der Waals surface area contributed by atoms with E-state index < -0.39 is 0 Å². The van der Waals surface area contributed by atoms with Crippen molar-refractivity contribution in [1.29, 1.82) is 0 Å². The lowest BCUT2D eigenvalue weighted by Gasteiger charge is -2.07. The molecule has 0 fully saturated rings. The van der Waals surface area contributed by atoms with E-state index in [0.29, 0.717) is 18.2 Å². The van der Waals surface area contributed by atoms with Gasteiger partial charge in [0, 0.05) is 18.0 Å². The molecule has 2 rings (SSSR count). The van der Waals surface area contributed by atoms with Gasteiger partial charge in [-0.1, -0.05) is 53.6 Å². The standard InChI is InChI=1S/C18H20ClNO2/c1-14-5-7-15(8-6-14)10-12-22-18(21)20-11-9-16-3-2-4-17(19)13-16/h2-8,13H,9-12H2,1H3,(H,20,21). The van der Waals surface area contributed by atoms with Crippen LogP contribution >= 0.6 is 11.6 Å². The number of carbonyl (C=O) groups is 1. The summed E-state index contributed by atoms with van der Waals surface area (Å²) in [6.07, 6.45) is 1.07. The number of rotatable bonds is 6. The Bertz CT molecular complexity index is 611. The van der Waals surface area contributed by atoms with E-state index in [4.69, 9.17) is 16.3 Å². The van der Waals surface area contributed by atoms with Gasteiger partial charge < -0.3 is 10.1 Å². The summed E-state index contributed by atoms with van der Waals surface area (Å²) in [5.41, 5.74) is 3.48. The fourth-order valence-electron chi connectivity index (χ4n) is 2.07. The molecule has 0 spiro atoms. The highest BCUT2D eigenvalue weighted by Gasteiger charge is 2.02. The van der Waals surface area contributed by atoms with Gasteiger partial charge in [-0.25, -0.2) is 4.79 Å². The third-order valence-corrected chi connectivity index (χ3v) is 3.55. The summed E-state index contributed by atoms with van der Waals surface area (Å²) in [6, 6.07) is 15.8. The molecule has 0 aliphatic heterocycles. The van der Waals surface area contributed by atoms with E-state index in [0.717, 1.165) is 24.0 Å². The van der Waals surface area contributed by atoms with Crippen molar-refractivity contribution >= 4 is 17.7 Å². The fraction of sp³-hybridized carbons (Fsp3) is 0.278. The Balaban J connectivity index is 1.62. The van der Waals surface area contributed by atoms with Gasteiger partial charge >= 0.3 is 6.09 Å². The highest BCUT2D eigenvalue weighted by atomic mass is 35.5. The van der Waals surface area contributed by atoms with Crippen LogP contribution < -0.4 is 5.32 Å². The first-order valence-electron chi connectivity index (χ1n) is 7.34. The van der Waals surface area contributed by atoms with E-state index >= 15 is 0 Å². The average molecular weight is 318 g/mol. The van der Waals surface area contributed by atoms with Crippen molar-refractivity contribution in [2.75, 3.05) is 13.2 Å². The second-order valence-corrected chi connectivity index (χ2v) is 5.61. The first-order valence-corrected chi connectivity index (χ1v) is 7.72. The highest BCUT2D eigenvalue weighted by Crippen LogP contribution is 2.10. The second kappa shape index (κ2) is 8.44. The van der Waals surface area contributed by atoms with Crippen molar-refractivity contribution < 1.29 is 9.53 Å². The molecule has 0 radical (unpaired) electrons. The zero-order valence-corrected chi connectivity index (χ0v) is 13.4. The molecule has 2 aromatic carbocycles. The zero-order chi connectivity index (χ0) is 15.8. The number of amides is 1. The van der Waals surface area contributed by atoms with Crippen LogP contribution in [0.1, 0.15) is 16.7 Å². The van der Waals surface area contributed by atoms with E-state index in [9.17, 15) is 4.79 Å². The molecule has 3 nitrogen and oxygen atoms in total. The first kappa shape index (κ1) is 16.4. The molecule has 0 heterocycles. The number of alkyl carbamates (subject to hydrolysis) is 1. The van der Waals surface area contributed by atoms with Crippen LogP contribution in [0.5, 0.6) is 0 Å². The number of hydrogen-bond donors (Lipinski definition) is 1. The zero-order valence-electron chi connectivity index (χ0n) is 12.6. The molecule has 0 bridgehead atoms. The van der Waals surface area contributed by atoms with Crippen molar-refractivity contribution in [1.82, 2.24) is 5.32 Å². The smallest absolute Gasteiger partial charge is 0.407 e. The number of hydrogen-bond acceptors (Lipinski definition) is 2. The summed E-state index contributed by atoms with van der Waals surface area (Å²) < 4.78 is 5.16. The highest BCUT2D eigenvalue weighted by molar-refractivity contribution is 6.30. The number of benzene rings is 2. The molecule has 0 aliphatic rings. The maximum absolute atomic E-state index is 11.6. The maximum atomic E-state index is 11.6. The van der Waals surface area contributed by atoms with Crippen LogP contribution in [0.4, 0.5) is 4.79 Å². The molecule has 2 aromatic rings. The SMILES string of the molecule is Cc1ccc(CCOC(=O)NCCc2cccc(Cl)c2)cc1. The summed E-state index contributed by atoms with van der Waals surface area (Å²) in [4.78, 5) is 11.6. The monoisotopic (exact) mass is 317 g/mol. The largest absolute Gasteiger partial charge is 0.449 e. The van der Waals surface area contributed by atoms with Gasteiger partial charge in [0.2, 0.25) is 0 Å². The van der Waals surface area contributed by atoms with Gasteiger partial charge in [-0.05, 0) is 36.6 Å². The lowest BCUT2D eigenvalue weighted by Crippen LogP contribution is -2.27. The van der Waals surface area contributed by atoms with Crippen LogP contribution in [-0.4, -0.2) is 19.2 Å². The van der Waals surface area contributed by atoms with Crippen molar-refractivity contribution in [3.8, 4) is 0 Å². The molecule has 0 aliphatic carbocycles. The predicted octanol–water partition coefficient (Wildman–Crippen LogP) is 4.16. The van der Waals surface area contributed by atoms with Gasteiger partial charge in [0.1, 0.15) is 0 Å². The number of carbonyl (C=O) groups excluding carboxylic acids is 1. The average Bonchev–Trinajstić information content (AvgIpc) is 2.49. The molecular weight excluding hydrogens is 298 g/mol. The van der Waals surface area contributed by atoms with Crippen LogP contribution in [-0.2, 0) is 17.6 Å². The lowest BCUT2D eigenvalue weighted by molar-refractivity contribution is 0.147. The van der Waals surface area contributed by atoms with Crippen LogP contribution in [0.25, 0.3) is 0 Å². The third kappa shape index (κ3) is 5.78. The normalized spacial score (nSPS) is 10.3. The van der Waals surface area contributed by atoms with Gasteiger partial charge in [0.15, 0.2) is 0 Å². The summed E-state index contributed by atoms with van der Waals surface area (Å²) in [6.45, 7) is 2.96. The molecule has 22 heavy (non-hydrogen) atoms. The van der Waals surface area contributed by atoms with Gasteiger partial charge in [-0.2, -0.15) is 0 Å².